The Hall–Kier alpha value is -1.39. The largest absolute Gasteiger partial charge is 0.481 e. The summed E-state index contributed by atoms with van der Waals surface area (Å²) in [5.41, 5.74) is 0. The number of carboxylic acids is 1. The van der Waals surface area contributed by atoms with Gasteiger partial charge in [-0.15, -0.1) is 10.2 Å². The summed E-state index contributed by atoms with van der Waals surface area (Å²) in [5.74, 6) is 0.736. The smallest absolute Gasteiger partial charge is 0.307 e. The molecule has 1 aliphatic carbocycles. The molecule has 1 aromatic rings. The standard InChI is InChI=1S/C13H21N3O2/c1-8(2)16-9(3)14-15-12(16)10-6-4-5-7-11(10)13(17)18/h8,10-11H,4-7H2,1-3H3,(H,17,18). The van der Waals surface area contributed by atoms with Crippen LogP contribution in [0.25, 0.3) is 0 Å². The first-order valence-corrected chi connectivity index (χ1v) is 6.66. The molecule has 1 aliphatic rings. The van der Waals surface area contributed by atoms with Gasteiger partial charge in [0.2, 0.25) is 0 Å². The van der Waals surface area contributed by atoms with Gasteiger partial charge in [0.05, 0.1) is 5.92 Å². The minimum atomic E-state index is -0.698. The molecule has 1 heterocycles. The molecule has 1 aromatic heterocycles. The topological polar surface area (TPSA) is 68.0 Å². The lowest BCUT2D eigenvalue weighted by Crippen LogP contribution is -2.28. The predicted molar refractivity (Wildman–Crippen MR) is 67.5 cm³/mol. The van der Waals surface area contributed by atoms with Crippen LogP contribution in [0.4, 0.5) is 0 Å². The number of nitrogens with zero attached hydrogens (tertiary/aromatic N) is 3. The molecule has 2 rings (SSSR count). The summed E-state index contributed by atoms with van der Waals surface area (Å²) >= 11 is 0. The highest BCUT2D eigenvalue weighted by atomic mass is 16.4. The zero-order valence-electron chi connectivity index (χ0n) is 11.3. The van der Waals surface area contributed by atoms with Gasteiger partial charge >= 0.3 is 5.97 Å². The van der Waals surface area contributed by atoms with E-state index in [9.17, 15) is 9.90 Å². The molecule has 2 unspecified atom stereocenters. The maximum atomic E-state index is 11.4. The molecule has 0 saturated heterocycles. The van der Waals surface area contributed by atoms with E-state index >= 15 is 0 Å². The van der Waals surface area contributed by atoms with Crippen LogP contribution in [-0.2, 0) is 4.79 Å². The highest BCUT2D eigenvalue weighted by molar-refractivity contribution is 5.71. The second-order valence-electron chi connectivity index (χ2n) is 5.40. The van der Waals surface area contributed by atoms with Gasteiger partial charge in [-0.25, -0.2) is 0 Å². The van der Waals surface area contributed by atoms with Crippen LogP contribution in [0, 0.1) is 12.8 Å². The fraction of sp³-hybridized carbons (Fsp3) is 0.769. The Labute approximate surface area is 107 Å². The summed E-state index contributed by atoms with van der Waals surface area (Å²) in [4.78, 5) is 11.4. The highest BCUT2D eigenvalue weighted by Crippen LogP contribution is 2.38. The summed E-state index contributed by atoms with van der Waals surface area (Å²) in [6.07, 6.45) is 3.74. The van der Waals surface area contributed by atoms with Gasteiger partial charge < -0.3 is 9.67 Å². The Morgan fingerprint density at radius 3 is 2.61 bits per heavy atom. The van der Waals surface area contributed by atoms with Crippen LogP contribution in [0.1, 0.15) is 63.1 Å². The Bertz CT molecular complexity index is 439. The minimum Gasteiger partial charge on any atom is -0.481 e. The van der Waals surface area contributed by atoms with Crippen LogP contribution in [0.5, 0.6) is 0 Å². The molecule has 2 atom stereocenters. The Morgan fingerprint density at radius 1 is 1.33 bits per heavy atom. The third-order valence-electron chi connectivity index (χ3n) is 3.82. The third-order valence-corrected chi connectivity index (χ3v) is 3.82. The van der Waals surface area contributed by atoms with Gasteiger partial charge in [0.25, 0.3) is 0 Å². The van der Waals surface area contributed by atoms with Gasteiger partial charge in [0.1, 0.15) is 11.6 Å². The first-order valence-electron chi connectivity index (χ1n) is 6.66. The van der Waals surface area contributed by atoms with Gasteiger partial charge in [-0.1, -0.05) is 12.8 Å². The number of aromatic nitrogens is 3. The summed E-state index contributed by atoms with van der Waals surface area (Å²) in [5, 5.41) is 17.7. The summed E-state index contributed by atoms with van der Waals surface area (Å²) in [7, 11) is 0. The lowest BCUT2D eigenvalue weighted by Gasteiger charge is -2.29. The van der Waals surface area contributed by atoms with E-state index in [2.05, 4.69) is 28.6 Å². The normalized spacial score (nSPS) is 24.4. The fourth-order valence-corrected chi connectivity index (χ4v) is 3.01. The summed E-state index contributed by atoms with van der Waals surface area (Å²) < 4.78 is 2.08. The molecule has 0 aromatic carbocycles. The van der Waals surface area contributed by atoms with Gasteiger partial charge in [-0.05, 0) is 33.6 Å². The van der Waals surface area contributed by atoms with Crippen molar-refractivity contribution in [2.45, 2.75) is 58.4 Å². The first kappa shape index (κ1) is 13.1. The van der Waals surface area contributed by atoms with E-state index in [1.165, 1.54) is 0 Å². The average molecular weight is 251 g/mol. The number of carbonyl (C=O) groups is 1. The van der Waals surface area contributed by atoms with Crippen molar-refractivity contribution >= 4 is 5.97 Å². The van der Waals surface area contributed by atoms with E-state index in [0.29, 0.717) is 0 Å². The Morgan fingerprint density at radius 2 is 2.00 bits per heavy atom. The Balaban J connectivity index is 2.37. The molecule has 0 spiro atoms. The summed E-state index contributed by atoms with van der Waals surface area (Å²) in [6, 6.07) is 0.270. The molecule has 0 radical (unpaired) electrons. The van der Waals surface area contributed by atoms with Crippen LogP contribution >= 0.6 is 0 Å². The van der Waals surface area contributed by atoms with Crippen molar-refractivity contribution in [2.24, 2.45) is 5.92 Å². The summed E-state index contributed by atoms with van der Waals surface area (Å²) in [6.45, 7) is 6.09. The second kappa shape index (κ2) is 5.08. The molecule has 0 bridgehead atoms. The van der Waals surface area contributed by atoms with E-state index < -0.39 is 5.97 Å². The van der Waals surface area contributed by atoms with Gasteiger partial charge in [0.15, 0.2) is 0 Å². The molecule has 1 saturated carbocycles. The fourth-order valence-electron chi connectivity index (χ4n) is 3.01. The number of hydrogen-bond acceptors (Lipinski definition) is 3. The van der Waals surface area contributed by atoms with Crippen molar-refractivity contribution in [1.82, 2.24) is 14.8 Å². The molecular formula is C13H21N3O2. The van der Waals surface area contributed by atoms with Gasteiger partial charge in [0, 0.05) is 12.0 Å². The zero-order valence-corrected chi connectivity index (χ0v) is 11.3. The van der Waals surface area contributed by atoms with Crippen LogP contribution in [-0.4, -0.2) is 25.8 Å². The monoisotopic (exact) mass is 251 g/mol. The van der Waals surface area contributed by atoms with E-state index in [1.54, 1.807) is 0 Å². The van der Waals surface area contributed by atoms with E-state index in [1.807, 2.05) is 6.92 Å². The van der Waals surface area contributed by atoms with Crippen molar-refractivity contribution < 1.29 is 9.90 Å². The quantitative estimate of drug-likeness (QED) is 0.896. The number of rotatable bonds is 3. The SMILES string of the molecule is Cc1nnc(C2CCCCC2C(=O)O)n1C(C)C. The molecule has 1 N–H and O–H groups in total. The van der Waals surface area contributed by atoms with Crippen LogP contribution < -0.4 is 0 Å². The van der Waals surface area contributed by atoms with Crippen LogP contribution in [0.15, 0.2) is 0 Å². The number of aliphatic carboxylic acids is 1. The third kappa shape index (κ3) is 2.26. The van der Waals surface area contributed by atoms with Gasteiger partial charge in [-0.2, -0.15) is 0 Å². The van der Waals surface area contributed by atoms with E-state index in [0.717, 1.165) is 37.3 Å². The van der Waals surface area contributed by atoms with Crippen LogP contribution in [0.2, 0.25) is 0 Å². The molecule has 0 amide bonds. The van der Waals surface area contributed by atoms with Crippen LogP contribution in [0.3, 0.4) is 0 Å². The molecule has 18 heavy (non-hydrogen) atoms. The molecule has 5 nitrogen and oxygen atoms in total. The maximum Gasteiger partial charge on any atom is 0.307 e. The number of aryl methyl sites for hydroxylation is 1. The lowest BCUT2D eigenvalue weighted by atomic mass is 9.78. The van der Waals surface area contributed by atoms with Crippen molar-refractivity contribution in [3.05, 3.63) is 11.6 Å². The zero-order chi connectivity index (χ0) is 13.3. The molecular weight excluding hydrogens is 230 g/mol. The maximum absolute atomic E-state index is 11.4. The van der Waals surface area contributed by atoms with Gasteiger partial charge in [-0.3, -0.25) is 4.79 Å². The van der Waals surface area contributed by atoms with E-state index in [4.69, 9.17) is 0 Å². The second-order valence-corrected chi connectivity index (χ2v) is 5.40. The minimum absolute atomic E-state index is 0.0137. The van der Waals surface area contributed by atoms with Crippen molar-refractivity contribution in [3.63, 3.8) is 0 Å². The van der Waals surface area contributed by atoms with Crippen molar-refractivity contribution in [3.8, 4) is 0 Å². The molecule has 100 valence electrons. The van der Waals surface area contributed by atoms with E-state index in [-0.39, 0.29) is 17.9 Å². The number of carboxylic acid groups (broad SMARTS) is 1. The highest BCUT2D eigenvalue weighted by Gasteiger charge is 2.35. The molecule has 1 fully saturated rings. The average Bonchev–Trinajstić information content (AvgIpc) is 2.71. The first-order chi connectivity index (χ1) is 8.52. The van der Waals surface area contributed by atoms with Crippen molar-refractivity contribution in [1.29, 1.82) is 0 Å². The molecule has 5 heteroatoms. The van der Waals surface area contributed by atoms with Crippen molar-refractivity contribution in [2.75, 3.05) is 0 Å². The predicted octanol–water partition coefficient (Wildman–Crippen LogP) is 2.53. The lowest BCUT2D eigenvalue weighted by molar-refractivity contribution is -0.143. The molecule has 0 aliphatic heterocycles. The number of hydrogen-bond donors (Lipinski definition) is 1. The Kier molecular flexibility index (Phi) is 3.68.